The summed E-state index contributed by atoms with van der Waals surface area (Å²) < 4.78 is 13.6. The molecule has 1 aliphatic rings. The quantitative estimate of drug-likeness (QED) is 0.406. The first-order chi connectivity index (χ1) is 16.7. The maximum atomic E-state index is 12.5. The Morgan fingerprint density at radius 2 is 1.91 bits per heavy atom. The molecule has 0 saturated heterocycles. The highest BCUT2D eigenvalue weighted by Gasteiger charge is 2.33. The van der Waals surface area contributed by atoms with Crippen molar-refractivity contribution in [2.75, 3.05) is 6.61 Å². The Morgan fingerprint density at radius 3 is 2.63 bits per heavy atom. The molecular formula is C28H29N3O4. The normalized spacial score (nSPS) is 14.4. The highest BCUT2D eigenvalue weighted by Crippen LogP contribution is 2.39. The molecule has 1 unspecified atom stereocenters. The van der Waals surface area contributed by atoms with Gasteiger partial charge in [-0.3, -0.25) is 0 Å². The first kappa shape index (κ1) is 23.1. The van der Waals surface area contributed by atoms with Gasteiger partial charge in [-0.15, -0.1) is 0 Å². The average Bonchev–Trinajstić information content (AvgIpc) is 3.24. The Kier molecular flexibility index (Phi) is 5.81. The van der Waals surface area contributed by atoms with Gasteiger partial charge in [0.2, 0.25) is 0 Å². The zero-order chi connectivity index (χ0) is 24.7. The lowest BCUT2D eigenvalue weighted by molar-refractivity contribution is -0.160. The Balaban J connectivity index is 1.81. The smallest absolute Gasteiger partial charge is 0.337 e. The molecule has 7 heteroatoms. The topological polar surface area (TPSA) is 86.0 Å². The van der Waals surface area contributed by atoms with Gasteiger partial charge in [0.1, 0.15) is 5.75 Å². The van der Waals surface area contributed by atoms with Gasteiger partial charge in [0, 0.05) is 22.4 Å². The Hall–Kier alpha value is -3.71. The molecule has 5 rings (SSSR count). The van der Waals surface area contributed by atoms with Crippen LogP contribution < -0.4 is 4.74 Å². The largest absolute Gasteiger partial charge is 0.493 e. The minimum atomic E-state index is -1.21. The van der Waals surface area contributed by atoms with Crippen LogP contribution in [0.15, 0.2) is 54.7 Å². The number of aryl methyl sites for hydroxylation is 2. The number of carboxylic acids is 1. The predicted molar refractivity (Wildman–Crippen MR) is 134 cm³/mol. The van der Waals surface area contributed by atoms with E-state index >= 15 is 0 Å². The molecule has 1 aliphatic heterocycles. The number of carboxylic acid groups (broad SMARTS) is 1. The second-order valence-electron chi connectivity index (χ2n) is 9.84. The Bertz CT molecular complexity index is 1400. The van der Waals surface area contributed by atoms with Gasteiger partial charge in [-0.2, -0.15) is 5.10 Å². The number of benzene rings is 2. The Morgan fingerprint density at radius 1 is 1.14 bits per heavy atom. The lowest BCUT2D eigenvalue weighted by atomic mass is 9.95. The fraction of sp³-hybridized carbons (Fsp3) is 0.321. The third-order valence-corrected chi connectivity index (χ3v) is 6.10. The van der Waals surface area contributed by atoms with Crippen LogP contribution in [-0.4, -0.2) is 37.9 Å². The summed E-state index contributed by atoms with van der Waals surface area (Å²) in [5.74, 6) is -0.197. The van der Waals surface area contributed by atoms with Gasteiger partial charge in [0.05, 0.1) is 24.1 Å². The molecule has 0 bridgehead atoms. The minimum Gasteiger partial charge on any atom is -0.493 e. The number of rotatable bonds is 5. The van der Waals surface area contributed by atoms with E-state index in [1.54, 1.807) is 10.7 Å². The van der Waals surface area contributed by atoms with Crippen molar-refractivity contribution in [3.63, 3.8) is 0 Å². The molecule has 0 fully saturated rings. The molecule has 0 spiro atoms. The first-order valence-corrected chi connectivity index (χ1v) is 11.8. The van der Waals surface area contributed by atoms with Crippen LogP contribution in [0.3, 0.4) is 0 Å². The summed E-state index contributed by atoms with van der Waals surface area (Å²) in [6.45, 7) is 8.09. The number of hydrogen-bond donors (Lipinski definition) is 1. The summed E-state index contributed by atoms with van der Waals surface area (Å²) in [4.78, 5) is 17.4. The molecule has 0 saturated carbocycles. The molecule has 3 heterocycles. The molecule has 0 radical (unpaired) electrons. The Labute approximate surface area is 204 Å². The van der Waals surface area contributed by atoms with Crippen molar-refractivity contribution in [3.8, 4) is 28.1 Å². The van der Waals surface area contributed by atoms with E-state index in [0.29, 0.717) is 29.2 Å². The number of nitrogens with zero attached hydrogens (tertiary/aromatic N) is 3. The van der Waals surface area contributed by atoms with Gasteiger partial charge >= 0.3 is 5.97 Å². The number of ether oxygens (including phenoxy) is 2. The van der Waals surface area contributed by atoms with Crippen molar-refractivity contribution >= 4 is 11.6 Å². The number of aromatic nitrogens is 3. The van der Waals surface area contributed by atoms with Crippen LogP contribution in [0.5, 0.6) is 5.75 Å². The standard InChI is InChI=1S/C28H29N3O4/c1-17-23(25(27(32)33)35-28(2,3)4)24(20-12-13-22-19(15-20)11-8-14-34-22)31-26(30-17)21(16-29-31)18-9-6-5-7-10-18/h5-7,9-10,12-13,15-16,25H,8,11,14H2,1-4H3,(H,32,33). The molecule has 1 atom stereocenters. The molecule has 1 N–H and O–H groups in total. The number of hydrogen-bond acceptors (Lipinski definition) is 5. The van der Waals surface area contributed by atoms with Gasteiger partial charge in [-0.1, -0.05) is 30.3 Å². The monoisotopic (exact) mass is 471 g/mol. The van der Waals surface area contributed by atoms with E-state index in [9.17, 15) is 9.90 Å². The molecular weight excluding hydrogens is 442 g/mol. The van der Waals surface area contributed by atoms with Crippen molar-refractivity contribution in [2.24, 2.45) is 0 Å². The lowest BCUT2D eigenvalue weighted by Gasteiger charge is -2.28. The van der Waals surface area contributed by atoms with E-state index < -0.39 is 17.7 Å². The lowest BCUT2D eigenvalue weighted by Crippen LogP contribution is -2.29. The van der Waals surface area contributed by atoms with Crippen LogP contribution in [-0.2, 0) is 16.0 Å². The molecule has 7 nitrogen and oxygen atoms in total. The van der Waals surface area contributed by atoms with Gasteiger partial charge in [0.15, 0.2) is 11.8 Å². The third-order valence-electron chi connectivity index (χ3n) is 6.10. The summed E-state index contributed by atoms with van der Waals surface area (Å²) in [5, 5.41) is 14.9. The second-order valence-corrected chi connectivity index (χ2v) is 9.84. The summed E-state index contributed by atoms with van der Waals surface area (Å²) >= 11 is 0. The minimum absolute atomic E-state index is 0.499. The fourth-order valence-corrected chi connectivity index (χ4v) is 4.62. The number of carbonyl (C=O) groups is 1. The van der Waals surface area contributed by atoms with Crippen molar-refractivity contribution < 1.29 is 19.4 Å². The summed E-state index contributed by atoms with van der Waals surface area (Å²) in [7, 11) is 0. The van der Waals surface area contributed by atoms with E-state index in [0.717, 1.165) is 40.8 Å². The van der Waals surface area contributed by atoms with Gasteiger partial charge in [-0.05, 0) is 69.9 Å². The molecule has 2 aromatic heterocycles. The fourth-order valence-electron chi connectivity index (χ4n) is 4.62. The van der Waals surface area contributed by atoms with Crippen molar-refractivity contribution in [2.45, 2.75) is 52.2 Å². The molecule has 180 valence electrons. The van der Waals surface area contributed by atoms with E-state index in [-0.39, 0.29) is 0 Å². The summed E-state index contributed by atoms with van der Waals surface area (Å²) in [6, 6.07) is 15.9. The number of aliphatic carboxylic acids is 1. The van der Waals surface area contributed by atoms with Crippen LogP contribution >= 0.6 is 0 Å². The predicted octanol–water partition coefficient (Wildman–Crippen LogP) is 5.64. The maximum absolute atomic E-state index is 12.5. The van der Waals surface area contributed by atoms with Crippen LogP contribution in [0.2, 0.25) is 0 Å². The summed E-state index contributed by atoms with van der Waals surface area (Å²) in [5.41, 5.74) is 5.58. The van der Waals surface area contributed by atoms with E-state index in [4.69, 9.17) is 19.6 Å². The molecule has 35 heavy (non-hydrogen) atoms. The third kappa shape index (κ3) is 4.39. The van der Waals surface area contributed by atoms with E-state index in [2.05, 4.69) is 6.07 Å². The highest BCUT2D eigenvalue weighted by molar-refractivity contribution is 5.84. The zero-order valence-electron chi connectivity index (χ0n) is 20.4. The van der Waals surface area contributed by atoms with Crippen LogP contribution in [0.4, 0.5) is 0 Å². The SMILES string of the molecule is Cc1nc2c(-c3ccccc3)cnn2c(-c2ccc3c(c2)CCCO3)c1C(OC(C)(C)C)C(=O)O. The number of fused-ring (bicyclic) bond motifs is 2. The van der Waals surface area contributed by atoms with Gasteiger partial charge < -0.3 is 14.6 Å². The van der Waals surface area contributed by atoms with E-state index in [1.807, 2.05) is 70.2 Å². The van der Waals surface area contributed by atoms with E-state index in [1.165, 1.54) is 0 Å². The molecule has 2 aromatic carbocycles. The first-order valence-electron chi connectivity index (χ1n) is 11.8. The average molecular weight is 472 g/mol. The molecule has 4 aromatic rings. The van der Waals surface area contributed by atoms with Crippen molar-refractivity contribution in [1.29, 1.82) is 0 Å². The summed E-state index contributed by atoms with van der Waals surface area (Å²) in [6.07, 6.45) is 2.42. The highest BCUT2D eigenvalue weighted by atomic mass is 16.5. The van der Waals surface area contributed by atoms with Crippen molar-refractivity contribution in [3.05, 3.63) is 71.5 Å². The maximum Gasteiger partial charge on any atom is 0.337 e. The van der Waals surface area contributed by atoms with Gasteiger partial charge in [-0.25, -0.2) is 14.3 Å². The van der Waals surface area contributed by atoms with Crippen LogP contribution in [0.25, 0.3) is 28.0 Å². The van der Waals surface area contributed by atoms with Gasteiger partial charge in [0.25, 0.3) is 0 Å². The van der Waals surface area contributed by atoms with Crippen LogP contribution in [0, 0.1) is 6.92 Å². The molecule has 0 amide bonds. The molecule has 0 aliphatic carbocycles. The zero-order valence-corrected chi connectivity index (χ0v) is 20.4. The second kappa shape index (κ2) is 8.82. The van der Waals surface area contributed by atoms with Crippen molar-refractivity contribution in [1.82, 2.24) is 14.6 Å². The van der Waals surface area contributed by atoms with Crippen LogP contribution in [0.1, 0.15) is 50.1 Å².